The van der Waals surface area contributed by atoms with Crippen LogP contribution in [0.2, 0.25) is 0 Å². The highest BCUT2D eigenvalue weighted by Crippen LogP contribution is 2.82. The Kier molecular flexibility index (Phi) is 3.32. The van der Waals surface area contributed by atoms with Crippen LogP contribution in [0.4, 0.5) is 0 Å². The van der Waals surface area contributed by atoms with Gasteiger partial charge in [-0.25, -0.2) is 0 Å². The van der Waals surface area contributed by atoms with E-state index in [2.05, 4.69) is 20.4 Å². The summed E-state index contributed by atoms with van der Waals surface area (Å²) in [6, 6.07) is 0. The number of hydrogen-bond donors (Lipinski definition) is 4. The molecule has 0 radical (unpaired) electrons. The van der Waals surface area contributed by atoms with Crippen LogP contribution < -0.4 is 0 Å². The number of fused-ring (bicyclic) bond motifs is 10. The second-order valence-electron chi connectivity index (χ2n) is 11.9. The van der Waals surface area contributed by atoms with Crippen molar-refractivity contribution in [2.45, 2.75) is 76.1 Å². The molecule has 6 saturated carbocycles. The maximum atomic E-state index is 11.9. The molecule has 4 nitrogen and oxygen atoms in total. The average molecular weight is 389 g/mol. The van der Waals surface area contributed by atoms with Crippen LogP contribution in [0.5, 0.6) is 0 Å². The third-order valence-electron chi connectivity index (χ3n) is 11.3. The Morgan fingerprint density at radius 3 is 2.36 bits per heavy atom. The van der Waals surface area contributed by atoms with E-state index in [1.54, 1.807) is 0 Å². The lowest BCUT2D eigenvalue weighted by Crippen LogP contribution is -2.65. The molecule has 0 aromatic rings. The third-order valence-corrected chi connectivity index (χ3v) is 11.3. The van der Waals surface area contributed by atoms with Crippen molar-refractivity contribution in [1.29, 1.82) is 0 Å². The van der Waals surface area contributed by atoms with E-state index in [0.717, 1.165) is 38.5 Å². The molecule has 0 aliphatic heterocycles. The lowest BCUT2D eigenvalue weighted by atomic mass is 9.42. The molecule has 4 heteroatoms. The highest BCUT2D eigenvalue weighted by molar-refractivity contribution is 5.36. The zero-order valence-electron chi connectivity index (χ0n) is 17.3. The Labute approximate surface area is 168 Å². The summed E-state index contributed by atoms with van der Waals surface area (Å²) < 4.78 is 0. The van der Waals surface area contributed by atoms with Gasteiger partial charge >= 0.3 is 0 Å². The van der Waals surface area contributed by atoms with E-state index in [9.17, 15) is 20.4 Å². The summed E-state index contributed by atoms with van der Waals surface area (Å²) >= 11 is 0. The molecular weight excluding hydrogens is 352 g/mol. The molecule has 0 heterocycles. The summed E-state index contributed by atoms with van der Waals surface area (Å²) in [4.78, 5) is 0. The third kappa shape index (κ3) is 1.73. The quantitative estimate of drug-likeness (QED) is 0.548. The summed E-state index contributed by atoms with van der Waals surface area (Å²) in [5.41, 5.74) is -1.33. The van der Waals surface area contributed by atoms with Gasteiger partial charge in [0.1, 0.15) is 0 Å². The standard InChI is InChI=1S/C24H36O4/c1-12(11-25)24(28)18-9-15(18)20-19-14-8-17(14)23(27)10-13(26)4-6-21(23,2)16(19)5-7-22(20,24)3/h13-20,25-28H,1,4-11H2,2-3H3/t13-,14-,15+,16?,17+,18-,19?,20?,21+,22-,23+,24-/m0/s1. The van der Waals surface area contributed by atoms with Gasteiger partial charge in [-0.1, -0.05) is 20.4 Å². The van der Waals surface area contributed by atoms with Gasteiger partial charge in [-0.15, -0.1) is 0 Å². The molecule has 0 amide bonds. The molecule has 3 unspecified atom stereocenters. The van der Waals surface area contributed by atoms with E-state index in [4.69, 9.17) is 0 Å². The van der Waals surface area contributed by atoms with Crippen LogP contribution in [0.1, 0.15) is 58.8 Å². The smallest absolute Gasteiger partial charge is 0.0963 e. The highest BCUT2D eigenvalue weighted by atomic mass is 16.3. The molecule has 0 bridgehead atoms. The van der Waals surface area contributed by atoms with Gasteiger partial charge in [0.25, 0.3) is 0 Å². The van der Waals surface area contributed by atoms with Crippen molar-refractivity contribution < 1.29 is 20.4 Å². The van der Waals surface area contributed by atoms with E-state index in [0.29, 0.717) is 47.5 Å². The summed E-state index contributed by atoms with van der Waals surface area (Å²) in [7, 11) is 0. The molecule has 6 aliphatic carbocycles. The van der Waals surface area contributed by atoms with Crippen LogP contribution in [-0.4, -0.2) is 44.3 Å². The van der Waals surface area contributed by atoms with E-state index < -0.39 is 11.2 Å². The van der Waals surface area contributed by atoms with Crippen molar-refractivity contribution >= 4 is 0 Å². The van der Waals surface area contributed by atoms with Crippen LogP contribution in [0.3, 0.4) is 0 Å². The summed E-state index contributed by atoms with van der Waals surface area (Å²) in [6.45, 7) is 8.56. The van der Waals surface area contributed by atoms with Gasteiger partial charge in [0.05, 0.1) is 23.9 Å². The second kappa shape index (κ2) is 5.07. The highest BCUT2D eigenvalue weighted by Gasteiger charge is 2.81. The average Bonchev–Trinajstić information content (AvgIpc) is 3.55. The molecule has 6 fully saturated rings. The Bertz CT molecular complexity index is 751. The van der Waals surface area contributed by atoms with Crippen LogP contribution in [0.15, 0.2) is 12.2 Å². The lowest BCUT2D eigenvalue weighted by Gasteiger charge is -2.65. The number of aliphatic hydroxyl groups excluding tert-OH is 2. The molecule has 0 spiro atoms. The number of hydrogen-bond acceptors (Lipinski definition) is 4. The largest absolute Gasteiger partial charge is 0.393 e. The fourth-order valence-corrected chi connectivity index (χ4v) is 9.95. The van der Waals surface area contributed by atoms with Crippen molar-refractivity contribution in [3.8, 4) is 0 Å². The predicted molar refractivity (Wildman–Crippen MR) is 105 cm³/mol. The monoisotopic (exact) mass is 388 g/mol. The van der Waals surface area contributed by atoms with Gasteiger partial charge in [-0.3, -0.25) is 0 Å². The first-order chi connectivity index (χ1) is 13.1. The Hall–Kier alpha value is -0.420. The minimum Gasteiger partial charge on any atom is -0.393 e. The fraction of sp³-hybridized carbons (Fsp3) is 0.917. The first kappa shape index (κ1) is 18.4. The lowest BCUT2D eigenvalue weighted by molar-refractivity contribution is -0.234. The molecule has 0 aromatic carbocycles. The van der Waals surface area contributed by atoms with Gasteiger partial charge in [-0.05, 0) is 90.9 Å². The van der Waals surface area contributed by atoms with Crippen LogP contribution in [0, 0.1) is 52.3 Å². The number of aliphatic hydroxyl groups is 4. The van der Waals surface area contributed by atoms with Crippen molar-refractivity contribution in [3.63, 3.8) is 0 Å². The van der Waals surface area contributed by atoms with Crippen molar-refractivity contribution in [2.75, 3.05) is 6.61 Å². The van der Waals surface area contributed by atoms with Gasteiger partial charge in [-0.2, -0.15) is 0 Å². The topological polar surface area (TPSA) is 80.9 Å². The molecule has 0 saturated heterocycles. The van der Waals surface area contributed by atoms with Gasteiger partial charge < -0.3 is 20.4 Å². The zero-order valence-corrected chi connectivity index (χ0v) is 17.3. The Morgan fingerprint density at radius 1 is 0.964 bits per heavy atom. The minimum absolute atomic E-state index is 0.116. The summed E-state index contributed by atoms with van der Waals surface area (Å²) in [5, 5.41) is 43.8. The first-order valence-electron chi connectivity index (χ1n) is 11.6. The summed E-state index contributed by atoms with van der Waals surface area (Å²) in [5.74, 6) is 3.22. The van der Waals surface area contributed by atoms with Gasteiger partial charge in [0.2, 0.25) is 0 Å². The zero-order chi connectivity index (χ0) is 19.9. The van der Waals surface area contributed by atoms with Crippen molar-refractivity contribution in [1.82, 2.24) is 0 Å². The van der Waals surface area contributed by atoms with Crippen molar-refractivity contribution in [2.24, 2.45) is 52.3 Å². The first-order valence-corrected chi connectivity index (χ1v) is 11.6. The van der Waals surface area contributed by atoms with E-state index >= 15 is 0 Å². The Morgan fingerprint density at radius 2 is 1.64 bits per heavy atom. The molecule has 12 atom stereocenters. The predicted octanol–water partition coefficient (Wildman–Crippen LogP) is 2.50. The van der Waals surface area contributed by atoms with E-state index in [1.165, 1.54) is 0 Å². The fourth-order valence-electron chi connectivity index (χ4n) is 9.95. The molecule has 6 rings (SSSR count). The van der Waals surface area contributed by atoms with Gasteiger partial charge in [0.15, 0.2) is 0 Å². The summed E-state index contributed by atoms with van der Waals surface area (Å²) in [6.07, 6.45) is 6.05. The van der Waals surface area contributed by atoms with E-state index in [1.807, 2.05) is 0 Å². The maximum Gasteiger partial charge on any atom is 0.0963 e. The van der Waals surface area contributed by atoms with Crippen LogP contribution in [-0.2, 0) is 0 Å². The SMILES string of the molecule is C=C(CO)[C@]1(O)[C@H]2C[C@H]2C2C3C(CC[C@@]21C)[C@@]1(C)CC[C@H](O)C[C@@]1(O)[C@@H]1C[C@H]31. The van der Waals surface area contributed by atoms with Crippen LogP contribution in [0.25, 0.3) is 0 Å². The molecule has 4 N–H and O–H groups in total. The molecule has 0 aromatic heterocycles. The Balaban J connectivity index is 1.43. The van der Waals surface area contributed by atoms with E-state index in [-0.39, 0.29) is 29.5 Å². The molecule has 156 valence electrons. The van der Waals surface area contributed by atoms with Crippen molar-refractivity contribution in [3.05, 3.63) is 12.2 Å². The molecule has 6 aliphatic rings. The normalized spacial score (nSPS) is 66.1. The minimum atomic E-state index is -0.927. The van der Waals surface area contributed by atoms with Gasteiger partial charge in [0, 0.05) is 11.8 Å². The maximum absolute atomic E-state index is 11.9. The second-order valence-corrected chi connectivity index (χ2v) is 11.9. The molecular formula is C24H36O4. The number of rotatable bonds is 2. The van der Waals surface area contributed by atoms with Crippen LogP contribution >= 0.6 is 0 Å². The molecule has 28 heavy (non-hydrogen) atoms.